The molecule has 0 heterocycles. The number of amides is 1. The zero-order chi connectivity index (χ0) is 17.4. The summed E-state index contributed by atoms with van der Waals surface area (Å²) in [6.07, 6.45) is 0. The Bertz CT molecular complexity index is 697. The fraction of sp³-hybridized carbons (Fsp3) is 0.235. The fourth-order valence-electron chi connectivity index (χ4n) is 1.82. The standard InChI is InChI=1S/C17H17F2NO3S/c1-22-12-3-2-4-13(9-12)23-8-7-20-17(21)11-24-14-5-6-15(18)16(19)10-14/h2-6,9-10H,7-8,11H2,1H3,(H,20,21). The van der Waals surface area contributed by atoms with Crippen molar-refractivity contribution in [3.05, 3.63) is 54.1 Å². The molecule has 0 spiro atoms. The highest BCUT2D eigenvalue weighted by atomic mass is 32.2. The molecule has 128 valence electrons. The predicted molar refractivity (Wildman–Crippen MR) is 88.6 cm³/mol. The van der Waals surface area contributed by atoms with E-state index in [1.54, 1.807) is 19.2 Å². The van der Waals surface area contributed by atoms with E-state index < -0.39 is 11.6 Å². The molecule has 0 aromatic heterocycles. The first kappa shape index (κ1) is 18.1. The topological polar surface area (TPSA) is 47.6 Å². The average molecular weight is 353 g/mol. The summed E-state index contributed by atoms with van der Waals surface area (Å²) in [5, 5.41) is 2.69. The van der Waals surface area contributed by atoms with E-state index in [2.05, 4.69) is 5.32 Å². The van der Waals surface area contributed by atoms with Gasteiger partial charge in [0.05, 0.1) is 19.4 Å². The molecule has 0 aliphatic heterocycles. The quantitative estimate of drug-likeness (QED) is 0.585. The lowest BCUT2D eigenvalue weighted by atomic mass is 10.3. The number of carbonyl (C=O) groups is 1. The summed E-state index contributed by atoms with van der Waals surface area (Å²) < 4.78 is 36.4. The Morgan fingerprint density at radius 3 is 2.67 bits per heavy atom. The summed E-state index contributed by atoms with van der Waals surface area (Å²) in [6, 6.07) is 10.7. The molecular formula is C17H17F2NO3S. The first-order valence-electron chi connectivity index (χ1n) is 7.20. The van der Waals surface area contributed by atoms with Crippen molar-refractivity contribution in [1.29, 1.82) is 0 Å². The van der Waals surface area contributed by atoms with Crippen molar-refractivity contribution in [3.8, 4) is 11.5 Å². The minimum Gasteiger partial charge on any atom is -0.497 e. The molecule has 0 aliphatic carbocycles. The van der Waals surface area contributed by atoms with Gasteiger partial charge in [0.2, 0.25) is 5.91 Å². The molecule has 0 saturated carbocycles. The Morgan fingerprint density at radius 2 is 1.92 bits per heavy atom. The number of carbonyl (C=O) groups excluding carboxylic acids is 1. The Kier molecular flexibility index (Phi) is 6.87. The Labute approximate surface area is 143 Å². The summed E-state index contributed by atoms with van der Waals surface area (Å²) in [4.78, 5) is 12.2. The molecule has 1 N–H and O–H groups in total. The van der Waals surface area contributed by atoms with E-state index in [0.29, 0.717) is 29.5 Å². The van der Waals surface area contributed by atoms with E-state index in [-0.39, 0.29) is 11.7 Å². The van der Waals surface area contributed by atoms with Gasteiger partial charge in [0.15, 0.2) is 11.6 Å². The Hall–Kier alpha value is -2.28. The number of ether oxygens (including phenoxy) is 2. The normalized spacial score (nSPS) is 10.3. The van der Waals surface area contributed by atoms with Crippen LogP contribution in [0.2, 0.25) is 0 Å². The van der Waals surface area contributed by atoms with Crippen LogP contribution in [-0.4, -0.2) is 31.9 Å². The third-order valence-corrected chi connectivity index (χ3v) is 3.99. The molecule has 7 heteroatoms. The zero-order valence-electron chi connectivity index (χ0n) is 13.1. The van der Waals surface area contributed by atoms with Crippen LogP contribution in [0.3, 0.4) is 0 Å². The molecule has 2 aromatic rings. The van der Waals surface area contributed by atoms with Crippen LogP contribution in [0.4, 0.5) is 8.78 Å². The highest BCUT2D eigenvalue weighted by molar-refractivity contribution is 8.00. The summed E-state index contributed by atoms with van der Waals surface area (Å²) in [5.41, 5.74) is 0. The van der Waals surface area contributed by atoms with E-state index in [1.165, 1.54) is 6.07 Å². The van der Waals surface area contributed by atoms with Crippen LogP contribution in [0.25, 0.3) is 0 Å². The van der Waals surface area contributed by atoms with Crippen LogP contribution < -0.4 is 14.8 Å². The second kappa shape index (κ2) is 9.12. The summed E-state index contributed by atoms with van der Waals surface area (Å²) >= 11 is 1.13. The van der Waals surface area contributed by atoms with Crippen molar-refractivity contribution < 1.29 is 23.0 Å². The molecule has 0 unspecified atom stereocenters. The van der Waals surface area contributed by atoms with Crippen LogP contribution in [0.5, 0.6) is 11.5 Å². The van der Waals surface area contributed by atoms with Gasteiger partial charge in [0, 0.05) is 11.0 Å². The van der Waals surface area contributed by atoms with Crippen molar-refractivity contribution in [2.24, 2.45) is 0 Å². The molecule has 24 heavy (non-hydrogen) atoms. The van der Waals surface area contributed by atoms with Gasteiger partial charge in [-0.15, -0.1) is 11.8 Å². The molecule has 0 aliphatic rings. The number of benzene rings is 2. The van der Waals surface area contributed by atoms with Crippen molar-refractivity contribution >= 4 is 17.7 Å². The van der Waals surface area contributed by atoms with Crippen LogP contribution in [0.1, 0.15) is 0 Å². The molecule has 2 aromatic carbocycles. The smallest absolute Gasteiger partial charge is 0.230 e. The monoisotopic (exact) mass is 353 g/mol. The van der Waals surface area contributed by atoms with Gasteiger partial charge in [-0.3, -0.25) is 4.79 Å². The molecule has 1 amide bonds. The number of hydrogen-bond donors (Lipinski definition) is 1. The Balaban J connectivity index is 1.66. The lowest BCUT2D eigenvalue weighted by Gasteiger charge is -2.09. The number of rotatable bonds is 8. The van der Waals surface area contributed by atoms with Gasteiger partial charge < -0.3 is 14.8 Å². The fourth-order valence-corrected chi connectivity index (χ4v) is 2.57. The molecule has 0 bridgehead atoms. The van der Waals surface area contributed by atoms with Crippen molar-refractivity contribution in [1.82, 2.24) is 5.32 Å². The molecule has 0 radical (unpaired) electrons. The lowest BCUT2D eigenvalue weighted by molar-refractivity contribution is -0.118. The van der Waals surface area contributed by atoms with Crippen LogP contribution in [0.15, 0.2) is 47.4 Å². The number of thioether (sulfide) groups is 1. The minimum atomic E-state index is -0.924. The van der Waals surface area contributed by atoms with Gasteiger partial charge >= 0.3 is 0 Å². The highest BCUT2D eigenvalue weighted by Gasteiger charge is 2.06. The Morgan fingerprint density at radius 1 is 1.12 bits per heavy atom. The van der Waals surface area contributed by atoms with Gasteiger partial charge in [0.1, 0.15) is 18.1 Å². The largest absolute Gasteiger partial charge is 0.497 e. The van der Waals surface area contributed by atoms with E-state index in [4.69, 9.17) is 9.47 Å². The molecule has 0 atom stereocenters. The lowest BCUT2D eigenvalue weighted by Crippen LogP contribution is -2.29. The molecule has 0 saturated heterocycles. The molecule has 4 nitrogen and oxygen atoms in total. The van der Waals surface area contributed by atoms with Gasteiger partial charge in [-0.1, -0.05) is 6.07 Å². The van der Waals surface area contributed by atoms with Gasteiger partial charge in [-0.25, -0.2) is 8.78 Å². The zero-order valence-corrected chi connectivity index (χ0v) is 13.9. The van der Waals surface area contributed by atoms with E-state index in [1.807, 2.05) is 12.1 Å². The second-order valence-corrected chi connectivity index (χ2v) is 5.79. The maximum Gasteiger partial charge on any atom is 0.230 e. The highest BCUT2D eigenvalue weighted by Crippen LogP contribution is 2.20. The first-order chi connectivity index (χ1) is 11.6. The van der Waals surface area contributed by atoms with Gasteiger partial charge in [-0.2, -0.15) is 0 Å². The molecule has 0 fully saturated rings. The number of halogens is 2. The predicted octanol–water partition coefficient (Wildman–Crippen LogP) is 3.26. The average Bonchev–Trinajstić information content (AvgIpc) is 2.60. The molecule has 2 rings (SSSR count). The van der Waals surface area contributed by atoms with E-state index >= 15 is 0 Å². The van der Waals surface area contributed by atoms with Crippen LogP contribution >= 0.6 is 11.8 Å². The second-order valence-electron chi connectivity index (χ2n) is 4.74. The molecular weight excluding hydrogens is 336 g/mol. The van der Waals surface area contributed by atoms with Crippen LogP contribution in [-0.2, 0) is 4.79 Å². The minimum absolute atomic E-state index is 0.115. The van der Waals surface area contributed by atoms with Crippen molar-refractivity contribution in [3.63, 3.8) is 0 Å². The van der Waals surface area contributed by atoms with Gasteiger partial charge in [0.25, 0.3) is 0 Å². The number of nitrogens with one attached hydrogen (secondary N) is 1. The van der Waals surface area contributed by atoms with Crippen LogP contribution in [0, 0.1) is 11.6 Å². The van der Waals surface area contributed by atoms with E-state index in [0.717, 1.165) is 23.9 Å². The third-order valence-electron chi connectivity index (χ3n) is 3.00. The number of methoxy groups -OCH3 is 1. The van der Waals surface area contributed by atoms with Gasteiger partial charge in [-0.05, 0) is 30.3 Å². The SMILES string of the molecule is COc1cccc(OCCNC(=O)CSc2ccc(F)c(F)c2)c1. The van der Waals surface area contributed by atoms with Crippen molar-refractivity contribution in [2.45, 2.75) is 4.90 Å². The van der Waals surface area contributed by atoms with E-state index in [9.17, 15) is 13.6 Å². The summed E-state index contributed by atoms with van der Waals surface area (Å²) in [7, 11) is 1.57. The van der Waals surface area contributed by atoms with Crippen molar-refractivity contribution in [2.75, 3.05) is 26.0 Å². The third kappa shape index (κ3) is 5.73. The number of hydrogen-bond acceptors (Lipinski definition) is 4. The maximum absolute atomic E-state index is 13.1. The summed E-state index contributed by atoms with van der Waals surface area (Å²) in [6.45, 7) is 0.656. The summed E-state index contributed by atoms with van der Waals surface area (Å²) in [5.74, 6) is -0.576. The maximum atomic E-state index is 13.1. The first-order valence-corrected chi connectivity index (χ1v) is 8.18.